The monoisotopic (exact) mass is 246 g/mol. The molecule has 3 heteroatoms. The third-order valence-corrected chi connectivity index (χ3v) is 5.16. The Bertz CT molecular complexity index is 556. The van der Waals surface area contributed by atoms with Crippen LogP contribution in [-0.4, -0.2) is 4.89 Å². The van der Waals surface area contributed by atoms with Crippen molar-refractivity contribution >= 4 is 18.0 Å². The molecule has 0 aliphatic heterocycles. The van der Waals surface area contributed by atoms with Gasteiger partial charge in [0.25, 0.3) is 7.37 Å². The number of rotatable bonds is 2. The van der Waals surface area contributed by atoms with Gasteiger partial charge in [0.1, 0.15) is 0 Å². The molecule has 2 aromatic rings. The molecule has 0 fully saturated rings. The predicted octanol–water partition coefficient (Wildman–Crippen LogP) is 2.52. The van der Waals surface area contributed by atoms with Crippen molar-refractivity contribution in [1.29, 1.82) is 0 Å². The molecule has 1 unspecified atom stereocenters. The third-order valence-electron chi connectivity index (χ3n) is 2.85. The largest absolute Gasteiger partial charge is 0.338 e. The molecule has 0 amide bonds. The van der Waals surface area contributed by atoms with Crippen LogP contribution < -0.4 is 10.6 Å². The maximum Gasteiger partial charge on any atom is 0.259 e. The Morgan fingerprint density at radius 3 is 1.94 bits per heavy atom. The van der Waals surface area contributed by atoms with Gasteiger partial charge < -0.3 is 4.89 Å². The minimum absolute atomic E-state index is 0.484. The minimum Gasteiger partial charge on any atom is -0.338 e. The topological polar surface area (TPSA) is 37.3 Å². The lowest BCUT2D eigenvalue weighted by molar-refractivity contribution is 0.500. The second-order valence-corrected chi connectivity index (χ2v) is 6.27. The molecule has 1 atom stereocenters. The number of hydrogen-bond donors (Lipinski definition) is 1. The van der Waals surface area contributed by atoms with Gasteiger partial charge in [0, 0.05) is 10.6 Å². The van der Waals surface area contributed by atoms with E-state index in [1.165, 1.54) is 0 Å². The van der Waals surface area contributed by atoms with Crippen LogP contribution in [-0.2, 0) is 4.57 Å². The summed E-state index contributed by atoms with van der Waals surface area (Å²) in [6.07, 6.45) is 0. The Morgan fingerprint density at radius 1 is 0.882 bits per heavy atom. The molecular formula is C14H15O2P. The average Bonchev–Trinajstić information content (AvgIpc) is 2.29. The molecule has 0 saturated carbocycles. The highest BCUT2D eigenvalue weighted by Crippen LogP contribution is 2.40. The van der Waals surface area contributed by atoms with Crippen LogP contribution in [0.5, 0.6) is 0 Å². The summed E-state index contributed by atoms with van der Waals surface area (Å²) >= 11 is 0. The van der Waals surface area contributed by atoms with Crippen molar-refractivity contribution in [2.75, 3.05) is 0 Å². The summed E-state index contributed by atoms with van der Waals surface area (Å²) in [6, 6.07) is 14.5. The molecule has 0 radical (unpaired) electrons. The molecule has 0 spiro atoms. The van der Waals surface area contributed by atoms with E-state index in [4.69, 9.17) is 0 Å². The van der Waals surface area contributed by atoms with E-state index in [0.29, 0.717) is 10.6 Å². The highest BCUT2D eigenvalue weighted by Gasteiger charge is 2.27. The normalized spacial score (nSPS) is 14.3. The summed E-state index contributed by atoms with van der Waals surface area (Å²) in [5.41, 5.74) is 1.72. The van der Waals surface area contributed by atoms with E-state index in [1.807, 2.05) is 38.1 Å². The van der Waals surface area contributed by atoms with Crippen molar-refractivity contribution in [2.24, 2.45) is 0 Å². The maximum atomic E-state index is 12.6. The van der Waals surface area contributed by atoms with Crippen molar-refractivity contribution in [3.63, 3.8) is 0 Å². The number of benzene rings is 2. The molecular weight excluding hydrogens is 231 g/mol. The van der Waals surface area contributed by atoms with Gasteiger partial charge in [-0.1, -0.05) is 36.4 Å². The Morgan fingerprint density at radius 2 is 1.41 bits per heavy atom. The van der Waals surface area contributed by atoms with E-state index < -0.39 is 7.37 Å². The SMILES string of the molecule is Cc1cccc(C)c1P(=O)(O)c1ccccc1. The Labute approximate surface area is 101 Å². The molecule has 0 bridgehead atoms. The molecule has 17 heavy (non-hydrogen) atoms. The first-order chi connectivity index (χ1) is 8.03. The van der Waals surface area contributed by atoms with E-state index in [1.54, 1.807) is 24.3 Å². The molecule has 2 aromatic carbocycles. The average molecular weight is 246 g/mol. The maximum absolute atomic E-state index is 12.6. The van der Waals surface area contributed by atoms with E-state index in [-0.39, 0.29) is 0 Å². The Hall–Kier alpha value is -1.37. The fourth-order valence-corrected chi connectivity index (χ4v) is 3.98. The van der Waals surface area contributed by atoms with Gasteiger partial charge in [0.05, 0.1) is 0 Å². The summed E-state index contributed by atoms with van der Waals surface area (Å²) in [7, 11) is -3.47. The zero-order valence-corrected chi connectivity index (χ0v) is 10.8. The van der Waals surface area contributed by atoms with Crippen LogP contribution in [0.2, 0.25) is 0 Å². The lowest BCUT2D eigenvalue weighted by Crippen LogP contribution is -2.20. The second kappa shape index (κ2) is 4.48. The van der Waals surface area contributed by atoms with Crippen LogP contribution in [0, 0.1) is 13.8 Å². The van der Waals surface area contributed by atoms with Gasteiger partial charge in [-0.15, -0.1) is 0 Å². The van der Waals surface area contributed by atoms with Crippen molar-refractivity contribution in [3.8, 4) is 0 Å². The van der Waals surface area contributed by atoms with Gasteiger partial charge in [0.15, 0.2) is 0 Å². The van der Waals surface area contributed by atoms with Gasteiger partial charge in [-0.3, -0.25) is 4.57 Å². The van der Waals surface area contributed by atoms with Gasteiger partial charge in [0.2, 0.25) is 0 Å². The molecule has 88 valence electrons. The van der Waals surface area contributed by atoms with Gasteiger partial charge in [-0.25, -0.2) is 0 Å². The zero-order chi connectivity index (χ0) is 12.5. The molecule has 2 nitrogen and oxygen atoms in total. The van der Waals surface area contributed by atoms with Crippen LogP contribution in [0.25, 0.3) is 0 Å². The van der Waals surface area contributed by atoms with Crippen LogP contribution in [0.1, 0.15) is 11.1 Å². The van der Waals surface area contributed by atoms with Gasteiger partial charge in [-0.05, 0) is 37.1 Å². The lowest BCUT2D eigenvalue weighted by atomic mass is 10.2. The number of aryl methyl sites for hydroxylation is 2. The molecule has 0 aliphatic carbocycles. The number of hydrogen-bond acceptors (Lipinski definition) is 1. The highest BCUT2D eigenvalue weighted by molar-refractivity contribution is 7.73. The Balaban J connectivity index is 2.64. The summed E-state index contributed by atoms with van der Waals surface area (Å²) in [5, 5.41) is 1.05. The van der Waals surface area contributed by atoms with Crippen LogP contribution >= 0.6 is 7.37 Å². The van der Waals surface area contributed by atoms with Gasteiger partial charge in [-0.2, -0.15) is 0 Å². The lowest BCUT2D eigenvalue weighted by Gasteiger charge is -2.16. The molecule has 0 aliphatic rings. The van der Waals surface area contributed by atoms with Crippen molar-refractivity contribution in [3.05, 3.63) is 59.7 Å². The van der Waals surface area contributed by atoms with E-state index in [0.717, 1.165) is 11.1 Å². The van der Waals surface area contributed by atoms with Crippen LogP contribution in [0.4, 0.5) is 0 Å². The molecule has 2 rings (SSSR count). The van der Waals surface area contributed by atoms with E-state index >= 15 is 0 Å². The zero-order valence-electron chi connectivity index (χ0n) is 9.92. The summed E-state index contributed by atoms with van der Waals surface area (Å²) in [4.78, 5) is 10.4. The van der Waals surface area contributed by atoms with Gasteiger partial charge >= 0.3 is 0 Å². The Kier molecular flexibility index (Phi) is 3.19. The minimum atomic E-state index is -3.47. The fourth-order valence-electron chi connectivity index (χ4n) is 2.04. The molecule has 1 N–H and O–H groups in total. The standard InChI is InChI=1S/C14H15O2P/c1-11-7-6-8-12(2)14(11)17(15,16)13-9-4-3-5-10-13/h3-10H,1-2H3,(H,15,16). The summed E-state index contributed by atoms with van der Waals surface area (Å²) in [5.74, 6) is 0. The molecule has 0 saturated heterocycles. The van der Waals surface area contributed by atoms with E-state index in [2.05, 4.69) is 0 Å². The van der Waals surface area contributed by atoms with E-state index in [9.17, 15) is 9.46 Å². The highest BCUT2D eigenvalue weighted by atomic mass is 31.2. The molecule has 0 aromatic heterocycles. The fraction of sp³-hybridized carbons (Fsp3) is 0.143. The predicted molar refractivity (Wildman–Crippen MR) is 71.5 cm³/mol. The first-order valence-corrected chi connectivity index (χ1v) is 7.14. The smallest absolute Gasteiger partial charge is 0.259 e. The quantitative estimate of drug-likeness (QED) is 0.827. The summed E-state index contributed by atoms with van der Waals surface area (Å²) < 4.78 is 12.6. The van der Waals surface area contributed by atoms with Crippen LogP contribution in [0.3, 0.4) is 0 Å². The molecule has 0 heterocycles. The first kappa shape index (κ1) is 12.1. The van der Waals surface area contributed by atoms with Crippen molar-refractivity contribution < 1.29 is 9.46 Å². The van der Waals surface area contributed by atoms with Crippen molar-refractivity contribution in [2.45, 2.75) is 13.8 Å². The summed E-state index contributed by atoms with van der Waals surface area (Å²) in [6.45, 7) is 3.74. The third kappa shape index (κ3) is 2.19. The van der Waals surface area contributed by atoms with Crippen molar-refractivity contribution in [1.82, 2.24) is 0 Å². The van der Waals surface area contributed by atoms with Crippen LogP contribution in [0.15, 0.2) is 48.5 Å². The first-order valence-electron chi connectivity index (χ1n) is 5.48. The second-order valence-electron chi connectivity index (χ2n) is 4.15.